The van der Waals surface area contributed by atoms with E-state index in [2.05, 4.69) is 18.3 Å². The summed E-state index contributed by atoms with van der Waals surface area (Å²) in [4.78, 5) is 10.5. The van der Waals surface area contributed by atoms with Crippen molar-refractivity contribution < 1.29 is 9.90 Å². The van der Waals surface area contributed by atoms with Crippen LogP contribution < -0.4 is 5.32 Å². The molecule has 0 bridgehead atoms. The molecule has 70 valence electrons. The number of hydrogen-bond acceptors (Lipinski definition) is 2. The molecule has 0 aromatic carbocycles. The quantitative estimate of drug-likeness (QED) is 0.594. The zero-order valence-electron chi connectivity index (χ0n) is 7.71. The second kappa shape index (κ2) is 6.85. The van der Waals surface area contributed by atoms with Gasteiger partial charge in [-0.2, -0.15) is 0 Å². The molecule has 1 atom stereocenters. The highest BCUT2D eigenvalue weighted by Gasteiger charge is 2.12. The average molecular weight is 171 g/mol. The van der Waals surface area contributed by atoms with Crippen LogP contribution in [0.5, 0.6) is 0 Å². The second-order valence-electron chi connectivity index (χ2n) is 2.64. The second-order valence-corrected chi connectivity index (χ2v) is 2.64. The molecule has 2 N–H and O–H groups in total. The number of carbonyl (C=O) groups is 1. The number of allylic oxidation sites excluding steroid dienone is 2. The Kier molecular flexibility index (Phi) is 6.38. The highest BCUT2D eigenvalue weighted by atomic mass is 16.4. The summed E-state index contributed by atoms with van der Waals surface area (Å²) < 4.78 is 0. The van der Waals surface area contributed by atoms with Crippen LogP contribution in [0.25, 0.3) is 0 Å². The SMILES string of the molecule is CC/C=C\CCC(NC)C(=O)O. The minimum atomic E-state index is -0.776. The van der Waals surface area contributed by atoms with Gasteiger partial charge in [0.15, 0.2) is 0 Å². The van der Waals surface area contributed by atoms with E-state index in [1.807, 2.05) is 6.08 Å². The number of nitrogens with one attached hydrogen (secondary N) is 1. The maximum atomic E-state index is 10.5. The monoisotopic (exact) mass is 171 g/mol. The fourth-order valence-corrected chi connectivity index (χ4v) is 0.939. The molecule has 0 heterocycles. The molecule has 1 unspecified atom stereocenters. The smallest absolute Gasteiger partial charge is 0.320 e. The molecule has 12 heavy (non-hydrogen) atoms. The van der Waals surface area contributed by atoms with Crippen LogP contribution in [0, 0.1) is 0 Å². The van der Waals surface area contributed by atoms with Gasteiger partial charge in [-0.25, -0.2) is 0 Å². The van der Waals surface area contributed by atoms with Crippen molar-refractivity contribution in [1.82, 2.24) is 5.32 Å². The Morgan fingerprint density at radius 1 is 1.58 bits per heavy atom. The summed E-state index contributed by atoms with van der Waals surface area (Å²) >= 11 is 0. The van der Waals surface area contributed by atoms with Crippen LogP contribution in [0.4, 0.5) is 0 Å². The van der Waals surface area contributed by atoms with Crippen LogP contribution in [-0.2, 0) is 4.79 Å². The van der Waals surface area contributed by atoms with E-state index in [9.17, 15) is 4.79 Å². The topological polar surface area (TPSA) is 49.3 Å². The first-order valence-electron chi connectivity index (χ1n) is 4.27. The molecule has 0 fully saturated rings. The summed E-state index contributed by atoms with van der Waals surface area (Å²) in [7, 11) is 1.67. The van der Waals surface area contributed by atoms with Gasteiger partial charge in [0, 0.05) is 0 Å². The summed E-state index contributed by atoms with van der Waals surface area (Å²) in [6.45, 7) is 2.06. The van der Waals surface area contributed by atoms with Gasteiger partial charge in [0.25, 0.3) is 0 Å². The zero-order valence-corrected chi connectivity index (χ0v) is 7.71. The van der Waals surface area contributed by atoms with Crippen LogP contribution in [0.1, 0.15) is 26.2 Å². The molecule has 0 saturated carbocycles. The summed E-state index contributed by atoms with van der Waals surface area (Å²) in [5, 5.41) is 11.4. The van der Waals surface area contributed by atoms with Gasteiger partial charge in [-0.3, -0.25) is 4.79 Å². The third-order valence-electron chi connectivity index (χ3n) is 1.67. The van der Waals surface area contributed by atoms with Gasteiger partial charge in [0.05, 0.1) is 0 Å². The van der Waals surface area contributed by atoms with Crippen LogP contribution in [0.3, 0.4) is 0 Å². The Labute approximate surface area is 73.5 Å². The summed E-state index contributed by atoms with van der Waals surface area (Å²) in [5.41, 5.74) is 0. The van der Waals surface area contributed by atoms with E-state index in [0.717, 1.165) is 12.8 Å². The molecule has 0 radical (unpaired) electrons. The molecule has 0 spiro atoms. The fourth-order valence-electron chi connectivity index (χ4n) is 0.939. The number of carboxylic acid groups (broad SMARTS) is 1. The minimum Gasteiger partial charge on any atom is -0.480 e. The molecule has 0 aromatic heterocycles. The van der Waals surface area contributed by atoms with Gasteiger partial charge in [0.1, 0.15) is 6.04 Å². The van der Waals surface area contributed by atoms with E-state index >= 15 is 0 Å². The third-order valence-corrected chi connectivity index (χ3v) is 1.67. The number of carboxylic acids is 1. The van der Waals surface area contributed by atoms with Crippen molar-refractivity contribution in [1.29, 1.82) is 0 Å². The predicted molar refractivity (Wildman–Crippen MR) is 49.1 cm³/mol. The van der Waals surface area contributed by atoms with Crippen LogP contribution in [0.15, 0.2) is 12.2 Å². The molecule has 0 aromatic rings. The Morgan fingerprint density at radius 2 is 2.25 bits per heavy atom. The van der Waals surface area contributed by atoms with Gasteiger partial charge in [-0.05, 0) is 26.3 Å². The van der Waals surface area contributed by atoms with Crippen LogP contribution >= 0.6 is 0 Å². The van der Waals surface area contributed by atoms with Crippen LogP contribution in [-0.4, -0.2) is 24.2 Å². The molecule has 0 aliphatic rings. The number of hydrogen-bond donors (Lipinski definition) is 2. The maximum absolute atomic E-state index is 10.5. The normalized spacial score (nSPS) is 13.5. The van der Waals surface area contributed by atoms with E-state index in [0.29, 0.717) is 6.42 Å². The number of aliphatic carboxylic acids is 1. The lowest BCUT2D eigenvalue weighted by Crippen LogP contribution is -2.33. The summed E-state index contributed by atoms with van der Waals surface area (Å²) in [6, 6.07) is -0.411. The van der Waals surface area contributed by atoms with Gasteiger partial charge < -0.3 is 10.4 Å². The summed E-state index contributed by atoms with van der Waals surface area (Å²) in [5.74, 6) is -0.776. The lowest BCUT2D eigenvalue weighted by atomic mass is 10.1. The molecule has 3 heteroatoms. The van der Waals surface area contributed by atoms with Crippen molar-refractivity contribution in [2.24, 2.45) is 0 Å². The molecular weight excluding hydrogens is 154 g/mol. The maximum Gasteiger partial charge on any atom is 0.320 e. The molecular formula is C9H17NO2. The van der Waals surface area contributed by atoms with Crippen molar-refractivity contribution >= 4 is 5.97 Å². The largest absolute Gasteiger partial charge is 0.480 e. The van der Waals surface area contributed by atoms with Gasteiger partial charge in [-0.1, -0.05) is 19.1 Å². The Bertz CT molecular complexity index is 155. The zero-order chi connectivity index (χ0) is 9.40. The Balaban J connectivity index is 3.58. The first-order chi connectivity index (χ1) is 5.72. The van der Waals surface area contributed by atoms with Crippen molar-refractivity contribution in [3.8, 4) is 0 Å². The molecule has 0 amide bonds. The highest BCUT2D eigenvalue weighted by Crippen LogP contribution is 1.98. The lowest BCUT2D eigenvalue weighted by Gasteiger charge is -2.08. The predicted octanol–water partition coefficient (Wildman–Crippen LogP) is 1.41. The fraction of sp³-hybridized carbons (Fsp3) is 0.667. The number of likely N-dealkylation sites (N-methyl/N-ethyl adjacent to an activating group) is 1. The van der Waals surface area contributed by atoms with E-state index in [4.69, 9.17) is 5.11 Å². The van der Waals surface area contributed by atoms with Gasteiger partial charge >= 0.3 is 5.97 Å². The van der Waals surface area contributed by atoms with E-state index in [1.54, 1.807) is 7.05 Å². The molecule has 0 saturated heterocycles. The van der Waals surface area contributed by atoms with Crippen LogP contribution in [0.2, 0.25) is 0 Å². The lowest BCUT2D eigenvalue weighted by molar-refractivity contribution is -0.139. The molecule has 3 nitrogen and oxygen atoms in total. The third kappa shape index (κ3) is 4.91. The van der Waals surface area contributed by atoms with E-state index < -0.39 is 12.0 Å². The highest BCUT2D eigenvalue weighted by molar-refractivity contribution is 5.73. The number of rotatable bonds is 6. The molecule has 0 rings (SSSR count). The Hall–Kier alpha value is -0.830. The summed E-state index contributed by atoms with van der Waals surface area (Å²) in [6.07, 6.45) is 6.56. The van der Waals surface area contributed by atoms with Crippen molar-refractivity contribution in [2.75, 3.05) is 7.05 Å². The standard InChI is InChI=1S/C9H17NO2/c1-3-4-5-6-7-8(10-2)9(11)12/h4-5,8,10H,3,6-7H2,1-2H3,(H,11,12)/b5-4-. The first-order valence-corrected chi connectivity index (χ1v) is 4.27. The van der Waals surface area contributed by atoms with Crippen molar-refractivity contribution in [3.05, 3.63) is 12.2 Å². The van der Waals surface area contributed by atoms with Gasteiger partial charge in [-0.15, -0.1) is 0 Å². The van der Waals surface area contributed by atoms with Crippen molar-refractivity contribution in [3.63, 3.8) is 0 Å². The molecule has 0 aliphatic carbocycles. The Morgan fingerprint density at radius 3 is 2.67 bits per heavy atom. The minimum absolute atomic E-state index is 0.411. The molecule has 0 aliphatic heterocycles. The van der Waals surface area contributed by atoms with Crippen molar-refractivity contribution in [2.45, 2.75) is 32.2 Å². The van der Waals surface area contributed by atoms with E-state index in [-0.39, 0.29) is 0 Å². The van der Waals surface area contributed by atoms with Gasteiger partial charge in [0.2, 0.25) is 0 Å². The average Bonchev–Trinajstić information content (AvgIpc) is 2.04. The first kappa shape index (κ1) is 11.2. The van der Waals surface area contributed by atoms with E-state index in [1.165, 1.54) is 0 Å².